The molecular weight excluding hydrogens is 332 g/mol. The summed E-state index contributed by atoms with van der Waals surface area (Å²) < 4.78 is 3.13. The Morgan fingerprint density at radius 2 is 1.88 bits per heavy atom. The Hall–Kier alpha value is -3.42. The van der Waals surface area contributed by atoms with Crippen LogP contribution in [0.3, 0.4) is 0 Å². The van der Waals surface area contributed by atoms with Crippen molar-refractivity contribution in [1.29, 1.82) is 0 Å². The highest BCUT2D eigenvalue weighted by Crippen LogP contribution is 2.21. The molecule has 2 aromatic heterocycles. The second kappa shape index (κ2) is 6.47. The molecule has 2 heterocycles. The van der Waals surface area contributed by atoms with Gasteiger partial charge in [-0.05, 0) is 32.4 Å². The first kappa shape index (κ1) is 17.4. The molecule has 2 amide bonds. The van der Waals surface area contributed by atoms with Crippen LogP contribution < -0.4 is 11.1 Å². The number of primary amides is 1. The van der Waals surface area contributed by atoms with Crippen molar-refractivity contribution in [1.82, 2.24) is 19.3 Å². The van der Waals surface area contributed by atoms with Crippen molar-refractivity contribution < 1.29 is 9.59 Å². The Kier molecular flexibility index (Phi) is 4.33. The number of nitrogens with one attached hydrogen (secondary N) is 1. The van der Waals surface area contributed by atoms with Gasteiger partial charge in [-0.25, -0.2) is 4.98 Å². The van der Waals surface area contributed by atoms with Crippen LogP contribution in [0.2, 0.25) is 0 Å². The highest BCUT2D eigenvalue weighted by molar-refractivity contribution is 6.10. The maximum atomic E-state index is 12.9. The molecule has 0 fully saturated rings. The van der Waals surface area contributed by atoms with E-state index in [0.29, 0.717) is 5.82 Å². The maximum Gasteiger partial charge on any atom is 0.276 e. The van der Waals surface area contributed by atoms with E-state index in [1.165, 1.54) is 6.33 Å². The molecule has 3 N–H and O–H groups in total. The summed E-state index contributed by atoms with van der Waals surface area (Å²) in [6.07, 6.45) is 1.43. The summed E-state index contributed by atoms with van der Waals surface area (Å²) in [4.78, 5) is 28.7. The second-order valence-corrected chi connectivity index (χ2v) is 6.21. The average molecular weight is 352 g/mol. The van der Waals surface area contributed by atoms with Crippen LogP contribution in [0.4, 0.5) is 5.82 Å². The average Bonchev–Trinajstić information content (AvgIpc) is 3.11. The maximum absolute atomic E-state index is 12.9. The number of anilines is 1. The third-order valence-corrected chi connectivity index (χ3v) is 4.07. The van der Waals surface area contributed by atoms with Crippen LogP contribution in [0, 0.1) is 20.8 Å². The minimum absolute atomic E-state index is 0.0821. The molecule has 0 aliphatic heterocycles. The van der Waals surface area contributed by atoms with E-state index in [9.17, 15) is 9.59 Å². The van der Waals surface area contributed by atoms with Crippen molar-refractivity contribution in [2.45, 2.75) is 20.8 Å². The first-order valence-electron chi connectivity index (χ1n) is 8.04. The van der Waals surface area contributed by atoms with Gasteiger partial charge in [0, 0.05) is 13.1 Å². The van der Waals surface area contributed by atoms with Crippen LogP contribution in [-0.2, 0) is 7.05 Å². The van der Waals surface area contributed by atoms with E-state index >= 15 is 0 Å². The molecule has 3 rings (SSSR count). The van der Waals surface area contributed by atoms with Crippen molar-refractivity contribution >= 4 is 17.6 Å². The summed E-state index contributed by atoms with van der Waals surface area (Å²) in [7, 11) is 1.72. The van der Waals surface area contributed by atoms with Crippen molar-refractivity contribution in [2.75, 3.05) is 5.32 Å². The lowest BCUT2D eigenvalue weighted by Gasteiger charge is -2.12. The number of nitrogens with two attached hydrogens (primary N) is 1. The minimum atomic E-state index is -0.764. The highest BCUT2D eigenvalue weighted by Gasteiger charge is 2.24. The van der Waals surface area contributed by atoms with Gasteiger partial charge in [-0.15, -0.1) is 0 Å². The lowest BCUT2D eigenvalue weighted by molar-refractivity contribution is 0.0970. The van der Waals surface area contributed by atoms with Gasteiger partial charge in [0.05, 0.1) is 11.4 Å². The van der Waals surface area contributed by atoms with E-state index in [0.717, 1.165) is 22.5 Å². The lowest BCUT2D eigenvalue weighted by atomic mass is 10.1. The number of benzene rings is 1. The Balaban J connectivity index is 2.09. The summed E-state index contributed by atoms with van der Waals surface area (Å²) in [6, 6.07) is 7.53. The molecular formula is C18H20N6O2. The molecule has 8 heteroatoms. The number of rotatable bonds is 4. The predicted octanol–water partition coefficient (Wildman–Crippen LogP) is 1.88. The first-order chi connectivity index (χ1) is 12.3. The van der Waals surface area contributed by atoms with Crippen LogP contribution in [0.1, 0.15) is 37.8 Å². The zero-order chi connectivity index (χ0) is 19.0. The van der Waals surface area contributed by atoms with E-state index < -0.39 is 11.8 Å². The first-order valence-corrected chi connectivity index (χ1v) is 8.04. The van der Waals surface area contributed by atoms with E-state index in [-0.39, 0.29) is 11.4 Å². The van der Waals surface area contributed by atoms with Gasteiger partial charge in [0.15, 0.2) is 5.69 Å². The molecule has 26 heavy (non-hydrogen) atoms. The summed E-state index contributed by atoms with van der Waals surface area (Å²) in [5.74, 6) is -0.740. The second-order valence-electron chi connectivity index (χ2n) is 6.21. The number of carbonyl (C=O) groups is 2. The quantitative estimate of drug-likeness (QED) is 0.747. The minimum Gasteiger partial charge on any atom is -0.364 e. The van der Waals surface area contributed by atoms with E-state index in [2.05, 4.69) is 15.4 Å². The van der Waals surface area contributed by atoms with Crippen LogP contribution >= 0.6 is 0 Å². The van der Waals surface area contributed by atoms with Gasteiger partial charge in [-0.2, -0.15) is 5.10 Å². The Morgan fingerprint density at radius 1 is 1.15 bits per heavy atom. The molecule has 8 nitrogen and oxygen atoms in total. The molecule has 0 radical (unpaired) electrons. The summed E-state index contributed by atoms with van der Waals surface area (Å²) in [6.45, 7) is 5.74. The largest absolute Gasteiger partial charge is 0.364 e. The molecule has 0 saturated carbocycles. The molecule has 0 atom stereocenters. The molecule has 0 bridgehead atoms. The Bertz CT molecular complexity index is 1010. The van der Waals surface area contributed by atoms with Crippen molar-refractivity contribution in [3.8, 4) is 5.69 Å². The third kappa shape index (κ3) is 3.08. The number of aryl methyl sites for hydroxylation is 4. The molecule has 0 aliphatic carbocycles. The van der Waals surface area contributed by atoms with Crippen LogP contribution in [0.15, 0.2) is 30.6 Å². The third-order valence-electron chi connectivity index (χ3n) is 4.07. The van der Waals surface area contributed by atoms with Gasteiger partial charge in [-0.1, -0.05) is 17.7 Å². The molecule has 3 aromatic rings. The van der Waals surface area contributed by atoms with Gasteiger partial charge in [0.2, 0.25) is 0 Å². The van der Waals surface area contributed by atoms with Crippen LogP contribution in [0.25, 0.3) is 5.69 Å². The SMILES string of the molecule is Cc1ccc(-n2cnc(C(N)=O)c2C(=O)Nc2cc(C)nn2C)c(C)c1. The van der Waals surface area contributed by atoms with Gasteiger partial charge in [0.25, 0.3) is 11.8 Å². The standard InChI is InChI=1S/C18H20N6O2/c1-10-5-6-13(11(2)7-10)24-9-20-15(17(19)25)16(24)18(26)21-14-8-12(3)22-23(14)4/h5-9H,1-4H3,(H2,19,25)(H,21,26). The fraction of sp³-hybridized carbons (Fsp3) is 0.222. The molecule has 134 valence electrons. The normalized spacial score (nSPS) is 10.8. The fourth-order valence-corrected chi connectivity index (χ4v) is 2.91. The molecule has 0 saturated heterocycles. The number of aromatic nitrogens is 4. The molecule has 1 aromatic carbocycles. The highest BCUT2D eigenvalue weighted by atomic mass is 16.2. The fourth-order valence-electron chi connectivity index (χ4n) is 2.91. The van der Waals surface area contributed by atoms with Crippen LogP contribution in [0.5, 0.6) is 0 Å². The van der Waals surface area contributed by atoms with Crippen molar-refractivity contribution in [3.63, 3.8) is 0 Å². The van der Waals surface area contributed by atoms with Crippen molar-refractivity contribution in [2.24, 2.45) is 12.8 Å². The molecule has 0 unspecified atom stereocenters. The van der Waals surface area contributed by atoms with Gasteiger partial charge in [0.1, 0.15) is 17.8 Å². The predicted molar refractivity (Wildman–Crippen MR) is 97.5 cm³/mol. The molecule has 0 spiro atoms. The lowest BCUT2D eigenvalue weighted by Crippen LogP contribution is -2.23. The van der Waals surface area contributed by atoms with E-state index in [1.807, 2.05) is 39.0 Å². The number of nitrogens with zero attached hydrogens (tertiary/aromatic N) is 4. The monoisotopic (exact) mass is 352 g/mol. The number of imidazole rings is 1. The molecule has 0 aliphatic rings. The zero-order valence-corrected chi connectivity index (χ0v) is 15.1. The number of carbonyl (C=O) groups excluding carboxylic acids is 2. The Labute approximate surface area is 150 Å². The number of hydrogen-bond donors (Lipinski definition) is 2. The zero-order valence-electron chi connectivity index (χ0n) is 15.1. The van der Waals surface area contributed by atoms with Crippen molar-refractivity contribution in [3.05, 3.63) is 58.8 Å². The van der Waals surface area contributed by atoms with Gasteiger partial charge in [-0.3, -0.25) is 18.8 Å². The van der Waals surface area contributed by atoms with Gasteiger partial charge < -0.3 is 11.1 Å². The summed E-state index contributed by atoms with van der Waals surface area (Å²) in [5.41, 5.74) is 8.99. The topological polar surface area (TPSA) is 108 Å². The summed E-state index contributed by atoms with van der Waals surface area (Å²) >= 11 is 0. The Morgan fingerprint density at radius 3 is 2.46 bits per heavy atom. The number of amides is 2. The van der Waals surface area contributed by atoms with E-state index in [1.54, 1.807) is 22.4 Å². The number of hydrogen-bond acceptors (Lipinski definition) is 4. The van der Waals surface area contributed by atoms with Gasteiger partial charge >= 0.3 is 0 Å². The smallest absolute Gasteiger partial charge is 0.276 e. The van der Waals surface area contributed by atoms with E-state index in [4.69, 9.17) is 5.73 Å². The van der Waals surface area contributed by atoms with Crippen LogP contribution in [-0.4, -0.2) is 31.1 Å². The summed E-state index contributed by atoms with van der Waals surface area (Å²) in [5, 5.41) is 6.96.